The molecule has 2 aromatic carbocycles. The van der Waals surface area contributed by atoms with Gasteiger partial charge in [0.15, 0.2) is 0 Å². The van der Waals surface area contributed by atoms with Gasteiger partial charge in [-0.2, -0.15) is 0 Å². The summed E-state index contributed by atoms with van der Waals surface area (Å²) in [6.45, 7) is 28.0. The van der Waals surface area contributed by atoms with E-state index in [0.717, 1.165) is 128 Å². The minimum Gasteiger partial charge on any atom is -0.870 e. The van der Waals surface area contributed by atoms with Crippen molar-refractivity contribution in [1.29, 1.82) is 0 Å². The number of allylic oxidation sites excluding steroid dienone is 36. The Bertz CT molecular complexity index is 3850. The van der Waals surface area contributed by atoms with Gasteiger partial charge in [-0.1, -0.05) is 319 Å². The number of Topliss-reactive ketones (excluding diaryl/α,β-unsaturated/α-hetero) is 1. The largest absolute Gasteiger partial charge is 1.00 e. The maximum Gasteiger partial charge on any atom is 1.00 e. The predicted molar refractivity (Wildman–Crippen MR) is 551 cm³/mol. The molecule has 4 unspecified atom stereocenters. The molecule has 0 fully saturated rings. The number of carboxylic acids is 1. The van der Waals surface area contributed by atoms with Crippen molar-refractivity contribution in [3.63, 3.8) is 0 Å². The zero-order chi connectivity index (χ0) is 99.5. The molecule has 2 rings (SSSR count). The molecule has 0 radical (unpaired) electrons. The Kier molecular flexibility index (Phi) is 101. The fourth-order valence-corrected chi connectivity index (χ4v) is 11.8. The van der Waals surface area contributed by atoms with Crippen LogP contribution in [0.1, 0.15) is 298 Å². The van der Waals surface area contributed by atoms with Crippen molar-refractivity contribution < 1.29 is 113 Å². The van der Waals surface area contributed by atoms with Gasteiger partial charge in [-0.05, 0) is 222 Å². The molecule has 2 aromatic rings. The first kappa shape index (κ1) is 132. The van der Waals surface area contributed by atoms with Gasteiger partial charge in [-0.15, -0.1) is 12.8 Å². The van der Waals surface area contributed by atoms with Gasteiger partial charge in [0.25, 0.3) is 12.9 Å². The van der Waals surface area contributed by atoms with Crippen LogP contribution in [0.4, 0.5) is 0 Å². The molecule has 0 bridgehead atoms. The number of para-hydroxylation sites is 2. The zero-order valence-electron chi connectivity index (χ0n) is 84.7. The fraction of sp³-hybridized carbons (Fsp3) is 0.478. The molecule has 134 heavy (non-hydrogen) atoms. The summed E-state index contributed by atoms with van der Waals surface area (Å²) in [5, 5.41) is 23.4. The van der Waals surface area contributed by atoms with E-state index in [-0.39, 0.29) is 120 Å². The first-order chi connectivity index (χ1) is 64.3. The number of aromatic hydroxyl groups is 1. The van der Waals surface area contributed by atoms with Gasteiger partial charge in [0.1, 0.15) is 49.0 Å². The number of phenols is 1. The third-order valence-electron chi connectivity index (χ3n) is 18.0. The molecule has 0 aliphatic heterocycles. The molecule has 21 heteroatoms. The summed E-state index contributed by atoms with van der Waals surface area (Å²) in [7, 11) is 0. The number of ether oxygens (including phenoxy) is 5. The van der Waals surface area contributed by atoms with E-state index in [1.165, 1.54) is 18.5 Å². The van der Waals surface area contributed by atoms with Crippen molar-refractivity contribution in [2.75, 3.05) is 26.4 Å². The van der Waals surface area contributed by atoms with Crippen LogP contribution >= 0.6 is 0 Å². The van der Waals surface area contributed by atoms with Crippen LogP contribution < -0.4 is 50.7 Å². The number of carboxylic acid groups (broad SMARTS) is 1. The summed E-state index contributed by atoms with van der Waals surface area (Å²) in [5.74, 6) is -1.45. The van der Waals surface area contributed by atoms with E-state index < -0.39 is 35.8 Å². The maximum atomic E-state index is 13.0. The molecular formula is C113H168N3NaO17. The molecule has 0 heterocycles. The molecule has 2 amide bonds. The number of carbonyl (C=O) groups excluding carboxylic acids is 8. The SMILES string of the molecule is CC(C)CC(N)C(=O)O.CC/C=C\C/C=C\C/C=C\C/C=C\C/C=C\C/C=C\CCC(=O)CC(CC(C)C)C(=O)Oc1ccccc1C(=O)OCC.CC/C=C\C/C=C\C/C=C\C/C=C\C/C=C\C/C=C\CCC(=O)NC(COC=O)CC(C)C.CC/C=C\C/C=C\C/C=C\C/C=C\C/C=C\C/C=C\CCC(=O)NC(COC=O)CC(C)C.CCOC(=O)c1ccccc1O.[2H]C#C.[Na+].[OH-]. The van der Waals surface area contributed by atoms with Crippen molar-refractivity contribution >= 4 is 54.4 Å². The van der Waals surface area contributed by atoms with E-state index >= 15 is 0 Å². The van der Waals surface area contributed by atoms with Gasteiger partial charge >= 0.3 is 53.4 Å². The normalized spacial score (nSPS) is 12.7. The molecule has 4 atom stereocenters. The third kappa shape index (κ3) is 94.7. The van der Waals surface area contributed by atoms with Crippen LogP contribution in [-0.2, 0) is 52.5 Å². The van der Waals surface area contributed by atoms with Crippen molar-refractivity contribution in [3.05, 3.63) is 278 Å². The summed E-state index contributed by atoms with van der Waals surface area (Å²) in [6, 6.07) is 11.9. The molecular weight excluding hydrogens is 1690 g/mol. The molecule has 0 saturated carbocycles. The Labute approximate surface area is 831 Å². The van der Waals surface area contributed by atoms with Crippen molar-refractivity contribution in [2.45, 2.75) is 294 Å². The van der Waals surface area contributed by atoms with E-state index in [1.54, 1.807) is 50.2 Å². The average Bonchev–Trinajstić information content (AvgIpc) is 0.843. The number of nitrogens with one attached hydrogen (secondary N) is 2. The molecule has 0 spiro atoms. The van der Waals surface area contributed by atoms with Gasteiger partial charge < -0.3 is 55.7 Å². The standard InChI is InChI=1S/C38H52O5.2C29H45NO3.C9H10O3.C6H13NO2.C2H2.Na.H2O/c1-5-7-8-9-10-11-12-13-14-15-16-17-18-19-20-21-22-23-24-27-34(39)31-33(30-32(3)4)37(40)43-36-29-26-25-28-35(36)38(41)42-6-2;2*1-4-5-6-7-8-9-10-11-12-13-14-15-16-17-18-19-20-21-22-23-29(32)30-28(24-27(2)3)25-33-26-31;1-2-12-9(11)7-5-3-4-6-8(7)10;1-4(2)3-5(7)6(8)9;1-2;;/h7-8,10-11,13-14,16-17,19-20,22-23,25-26,28-29,32-33H,5-6,9,12,15,18,21,24,27,30-31H2,1-4H3;2*5-6,8-9,11-12,14-15,17-18,20-21,26-28H,4,7,10,13,16,19,22-25H2,1-3H3,(H,30,32);3-6,10H,2H2,1H3;4-5H,3,7H2,1-2H3,(H,8,9);1-2H;;1H2/q;;;;;;+1;/p-1/b8-7-,11-10-,14-13-,17-16-,20-19-,23-22-;2*6-5-,9-8-,12-11-,15-14-,18-17-,21-20-;;;;;/i;;;;;1D;;. The molecule has 0 aliphatic rings. The summed E-state index contributed by atoms with van der Waals surface area (Å²) in [5.41, 5.74) is 5.62. The number of nitrogens with two attached hydrogens (primary N) is 1. The number of benzene rings is 2. The van der Waals surface area contributed by atoms with E-state index in [9.17, 15) is 48.3 Å². The smallest absolute Gasteiger partial charge is 0.870 e. The van der Waals surface area contributed by atoms with Gasteiger partial charge in [0, 0.05) is 25.7 Å². The van der Waals surface area contributed by atoms with Crippen molar-refractivity contribution in [2.24, 2.45) is 35.3 Å². The predicted octanol–water partition coefficient (Wildman–Crippen LogP) is 23.3. The number of carbonyl (C=O) groups is 9. The number of phenolic OH excluding ortho intramolecular Hbond substituents is 1. The Morgan fingerprint density at radius 2 is 0.672 bits per heavy atom. The van der Waals surface area contributed by atoms with Crippen LogP contribution in [0.3, 0.4) is 0 Å². The average molecular weight is 1860 g/mol. The number of terminal acetylenes is 1. The third-order valence-corrected chi connectivity index (χ3v) is 18.0. The maximum absolute atomic E-state index is 13.0. The Morgan fingerprint density at radius 1 is 0.403 bits per heavy atom. The molecule has 0 aliphatic carbocycles. The monoisotopic (exact) mass is 1860 g/mol. The number of amides is 2. The van der Waals surface area contributed by atoms with Gasteiger partial charge in [0.05, 0.1) is 31.2 Å². The Balaban J connectivity index is -0.000000410. The van der Waals surface area contributed by atoms with E-state index in [0.29, 0.717) is 88.7 Å². The number of esters is 3. The quantitative estimate of drug-likeness (QED) is 0.00781. The van der Waals surface area contributed by atoms with Crippen LogP contribution in [0.2, 0.25) is 0 Å². The zero-order valence-corrected chi connectivity index (χ0v) is 85.7. The van der Waals surface area contributed by atoms with Crippen LogP contribution in [0.25, 0.3) is 0 Å². The van der Waals surface area contributed by atoms with Gasteiger partial charge in [0.2, 0.25) is 11.8 Å². The second kappa shape index (κ2) is 103. The molecule has 0 aromatic heterocycles. The van der Waals surface area contributed by atoms with Crippen LogP contribution in [0.5, 0.6) is 11.5 Å². The van der Waals surface area contributed by atoms with Crippen LogP contribution in [0.15, 0.2) is 267 Å². The van der Waals surface area contributed by atoms with Crippen molar-refractivity contribution in [3.8, 4) is 24.3 Å². The van der Waals surface area contributed by atoms with E-state index in [1.807, 2.05) is 45.9 Å². The van der Waals surface area contributed by atoms with Crippen molar-refractivity contribution in [1.82, 2.24) is 10.6 Å². The van der Waals surface area contributed by atoms with Gasteiger partial charge in [-0.25, -0.2) is 9.59 Å². The van der Waals surface area contributed by atoms with E-state index in [4.69, 9.17) is 35.9 Å². The Morgan fingerprint density at radius 3 is 0.940 bits per heavy atom. The minimum absolute atomic E-state index is 0. The number of hydrogen-bond donors (Lipinski definition) is 5. The number of aliphatic carboxylic acids is 1. The van der Waals surface area contributed by atoms with Crippen LogP contribution in [-0.4, -0.2) is 115 Å². The number of hydrogen-bond acceptors (Lipinski definition) is 17. The van der Waals surface area contributed by atoms with Gasteiger partial charge in [-0.3, -0.25) is 33.6 Å². The summed E-state index contributed by atoms with van der Waals surface area (Å²) < 4.78 is 30.7. The first-order valence-electron chi connectivity index (χ1n) is 48.0. The number of ketones is 1. The van der Waals surface area contributed by atoms with E-state index in [2.05, 4.69) is 266 Å². The molecule has 20 nitrogen and oxygen atoms in total. The summed E-state index contributed by atoms with van der Waals surface area (Å²) in [6.07, 6.45) is 107. The first-order valence-corrected chi connectivity index (χ1v) is 47.5. The minimum atomic E-state index is -0.913. The summed E-state index contributed by atoms with van der Waals surface area (Å²) >= 11 is 0. The second-order valence-electron chi connectivity index (χ2n) is 32.0. The van der Waals surface area contributed by atoms with Crippen LogP contribution in [0, 0.1) is 42.4 Å². The molecule has 738 valence electrons. The second-order valence-corrected chi connectivity index (χ2v) is 32.0. The molecule has 0 saturated heterocycles. The fourth-order valence-electron chi connectivity index (χ4n) is 11.8. The topological polar surface area (TPSA) is 320 Å². The summed E-state index contributed by atoms with van der Waals surface area (Å²) in [4.78, 5) is 104. The number of rotatable bonds is 67. The molecule has 7 N–H and O–H groups in total. The Hall–Kier alpha value is -10.5.